The van der Waals surface area contributed by atoms with E-state index in [0.717, 1.165) is 4.90 Å². The molecule has 3 N–H and O–H groups in total. The molecule has 0 aliphatic heterocycles. The van der Waals surface area contributed by atoms with E-state index in [1.807, 2.05) is 13.2 Å². The zero-order valence-electron chi connectivity index (χ0n) is 10.3. The number of aliphatic hydroxyl groups excluding tert-OH is 1. The van der Waals surface area contributed by atoms with Gasteiger partial charge in [0.05, 0.1) is 12.8 Å². The van der Waals surface area contributed by atoms with Gasteiger partial charge in [-0.2, -0.15) is 5.10 Å². The van der Waals surface area contributed by atoms with Crippen molar-refractivity contribution >= 4 is 11.8 Å². The summed E-state index contributed by atoms with van der Waals surface area (Å²) < 4.78 is 1.75. The summed E-state index contributed by atoms with van der Waals surface area (Å²) in [5, 5.41) is 13.5. The van der Waals surface area contributed by atoms with Crippen molar-refractivity contribution in [1.29, 1.82) is 0 Å². The van der Waals surface area contributed by atoms with Gasteiger partial charge in [0.15, 0.2) is 0 Å². The summed E-state index contributed by atoms with van der Waals surface area (Å²) in [5.74, 6) is 0. The maximum absolute atomic E-state index is 9.40. The number of hydrogen-bond donors (Lipinski definition) is 2. The predicted molar refractivity (Wildman–Crippen MR) is 67.4 cm³/mol. The summed E-state index contributed by atoms with van der Waals surface area (Å²) in [6.07, 6.45) is 3.73. The Kier molecular flexibility index (Phi) is 4.41. The van der Waals surface area contributed by atoms with Gasteiger partial charge in [-0.3, -0.25) is 4.68 Å². The van der Waals surface area contributed by atoms with E-state index in [4.69, 9.17) is 5.73 Å². The van der Waals surface area contributed by atoms with Crippen molar-refractivity contribution in [2.45, 2.75) is 37.0 Å². The average molecular weight is 243 g/mol. The van der Waals surface area contributed by atoms with Gasteiger partial charge in [-0.25, -0.2) is 0 Å². The number of aryl methyl sites for hydroxylation is 1. The van der Waals surface area contributed by atoms with Crippen LogP contribution in [0.1, 0.15) is 20.8 Å². The molecule has 4 nitrogen and oxygen atoms in total. The smallest absolute Gasteiger partial charge is 0.0625 e. The van der Waals surface area contributed by atoms with Gasteiger partial charge in [0.2, 0.25) is 0 Å². The van der Waals surface area contributed by atoms with Gasteiger partial charge in [0.25, 0.3) is 0 Å². The molecule has 92 valence electrons. The van der Waals surface area contributed by atoms with Crippen molar-refractivity contribution in [2.24, 2.45) is 18.2 Å². The summed E-state index contributed by atoms with van der Waals surface area (Å²) >= 11 is 1.59. The largest absolute Gasteiger partial charge is 0.395 e. The molecule has 0 aliphatic rings. The minimum atomic E-state index is -0.0530. The molecule has 0 aliphatic carbocycles. The zero-order valence-corrected chi connectivity index (χ0v) is 11.2. The number of aliphatic hydroxyl groups is 1. The second-order valence-corrected chi connectivity index (χ2v) is 6.39. The molecule has 0 fully saturated rings. The summed E-state index contributed by atoms with van der Waals surface area (Å²) in [7, 11) is 1.88. The molecule has 2 atom stereocenters. The molecule has 0 radical (unpaired) electrons. The molecule has 2 unspecified atom stereocenters. The molecule has 16 heavy (non-hydrogen) atoms. The summed E-state index contributed by atoms with van der Waals surface area (Å²) in [6.45, 7) is 6.34. The van der Waals surface area contributed by atoms with Gasteiger partial charge < -0.3 is 10.8 Å². The van der Waals surface area contributed by atoms with Crippen molar-refractivity contribution in [3.8, 4) is 0 Å². The summed E-state index contributed by atoms with van der Waals surface area (Å²) in [5.41, 5.74) is 6.14. The Hall–Kier alpha value is -0.520. The fourth-order valence-electron chi connectivity index (χ4n) is 1.42. The lowest BCUT2D eigenvalue weighted by Gasteiger charge is -2.32. The van der Waals surface area contributed by atoms with Crippen molar-refractivity contribution in [2.75, 3.05) is 6.61 Å². The number of nitrogens with two attached hydrogens (primary N) is 1. The molecule has 1 heterocycles. The second-order valence-electron chi connectivity index (χ2n) is 5.08. The first-order valence-corrected chi connectivity index (χ1v) is 6.24. The lowest BCUT2D eigenvalue weighted by Crippen LogP contribution is -2.45. The lowest BCUT2D eigenvalue weighted by atomic mass is 9.85. The van der Waals surface area contributed by atoms with Crippen LogP contribution in [0.25, 0.3) is 0 Å². The van der Waals surface area contributed by atoms with Gasteiger partial charge in [-0.15, -0.1) is 11.8 Å². The van der Waals surface area contributed by atoms with E-state index in [1.54, 1.807) is 22.6 Å². The SMILES string of the molecule is Cn1cc(SC(CO)C(N)C(C)(C)C)cn1. The molecular formula is C11H21N3OS. The maximum Gasteiger partial charge on any atom is 0.0625 e. The Morgan fingerprint density at radius 1 is 1.56 bits per heavy atom. The third kappa shape index (κ3) is 3.50. The highest BCUT2D eigenvalue weighted by molar-refractivity contribution is 8.00. The highest BCUT2D eigenvalue weighted by atomic mass is 32.2. The van der Waals surface area contributed by atoms with Crippen LogP contribution in [0.15, 0.2) is 17.3 Å². The summed E-state index contributed by atoms with van der Waals surface area (Å²) in [6, 6.07) is -0.0530. The van der Waals surface area contributed by atoms with Crippen LogP contribution >= 0.6 is 11.8 Å². The Balaban J connectivity index is 2.69. The topological polar surface area (TPSA) is 64.1 Å². The molecule has 0 spiro atoms. The Bertz CT molecular complexity index is 332. The van der Waals surface area contributed by atoms with Crippen LogP contribution < -0.4 is 5.73 Å². The zero-order chi connectivity index (χ0) is 12.3. The standard InChI is InChI=1S/C11H21N3OS/c1-11(2,3)10(12)9(7-15)16-8-5-13-14(4)6-8/h5-6,9-10,15H,7,12H2,1-4H3. The first kappa shape index (κ1) is 13.5. The van der Waals surface area contributed by atoms with Gasteiger partial charge >= 0.3 is 0 Å². The minimum absolute atomic E-state index is 0.00389. The van der Waals surface area contributed by atoms with Gasteiger partial charge in [-0.05, 0) is 5.41 Å². The predicted octanol–water partition coefficient (Wildman–Crippen LogP) is 1.25. The Morgan fingerprint density at radius 3 is 2.56 bits per heavy atom. The number of nitrogens with zero attached hydrogens (tertiary/aromatic N) is 2. The van der Waals surface area contributed by atoms with E-state index in [0.29, 0.717) is 0 Å². The Labute approximate surface area is 101 Å². The molecule has 0 bridgehead atoms. The number of hydrogen-bond acceptors (Lipinski definition) is 4. The number of aromatic nitrogens is 2. The van der Waals surface area contributed by atoms with Crippen molar-refractivity contribution in [3.63, 3.8) is 0 Å². The van der Waals surface area contributed by atoms with Crippen LogP contribution in [0.3, 0.4) is 0 Å². The molecule has 1 aromatic rings. The van der Waals surface area contributed by atoms with E-state index in [2.05, 4.69) is 25.9 Å². The van der Waals surface area contributed by atoms with E-state index < -0.39 is 0 Å². The van der Waals surface area contributed by atoms with E-state index in [9.17, 15) is 5.11 Å². The van der Waals surface area contributed by atoms with Crippen LogP contribution in [0, 0.1) is 5.41 Å². The molecule has 1 rings (SSSR count). The fraction of sp³-hybridized carbons (Fsp3) is 0.727. The first-order chi connectivity index (χ1) is 7.34. The number of rotatable bonds is 4. The Morgan fingerprint density at radius 2 is 2.19 bits per heavy atom. The highest BCUT2D eigenvalue weighted by Crippen LogP contribution is 2.31. The second kappa shape index (κ2) is 5.21. The van der Waals surface area contributed by atoms with E-state index in [-0.39, 0.29) is 23.3 Å². The monoisotopic (exact) mass is 243 g/mol. The van der Waals surface area contributed by atoms with Crippen LogP contribution in [-0.2, 0) is 7.05 Å². The molecule has 0 aromatic carbocycles. The van der Waals surface area contributed by atoms with Crippen LogP contribution in [0.5, 0.6) is 0 Å². The molecule has 5 heteroatoms. The lowest BCUT2D eigenvalue weighted by molar-refractivity contribution is 0.233. The third-order valence-corrected chi connectivity index (χ3v) is 3.78. The van der Waals surface area contributed by atoms with Gasteiger partial charge in [0, 0.05) is 29.4 Å². The van der Waals surface area contributed by atoms with Crippen LogP contribution in [0.2, 0.25) is 0 Å². The van der Waals surface area contributed by atoms with Gasteiger partial charge in [-0.1, -0.05) is 20.8 Å². The van der Waals surface area contributed by atoms with Crippen LogP contribution in [0.4, 0.5) is 0 Å². The van der Waals surface area contributed by atoms with Crippen LogP contribution in [-0.4, -0.2) is 32.8 Å². The maximum atomic E-state index is 9.40. The highest BCUT2D eigenvalue weighted by Gasteiger charge is 2.29. The van der Waals surface area contributed by atoms with E-state index in [1.165, 1.54) is 0 Å². The quantitative estimate of drug-likeness (QED) is 0.781. The third-order valence-electron chi connectivity index (χ3n) is 2.55. The number of thioether (sulfide) groups is 1. The molecule has 0 amide bonds. The van der Waals surface area contributed by atoms with Crippen molar-refractivity contribution < 1.29 is 5.11 Å². The molecule has 1 aromatic heterocycles. The van der Waals surface area contributed by atoms with E-state index >= 15 is 0 Å². The fourth-order valence-corrected chi connectivity index (χ4v) is 2.72. The molecule has 0 saturated heterocycles. The minimum Gasteiger partial charge on any atom is -0.395 e. The first-order valence-electron chi connectivity index (χ1n) is 5.36. The summed E-state index contributed by atoms with van der Waals surface area (Å²) in [4.78, 5) is 1.04. The normalized spacial score (nSPS) is 16.1. The average Bonchev–Trinajstić information content (AvgIpc) is 2.58. The van der Waals surface area contributed by atoms with Crippen molar-refractivity contribution in [1.82, 2.24) is 9.78 Å². The van der Waals surface area contributed by atoms with Gasteiger partial charge in [0.1, 0.15) is 0 Å². The molecular weight excluding hydrogens is 222 g/mol. The van der Waals surface area contributed by atoms with Crippen molar-refractivity contribution in [3.05, 3.63) is 12.4 Å². The molecule has 0 saturated carbocycles.